The molecule has 1 amide bonds. The van der Waals surface area contributed by atoms with E-state index < -0.39 is 0 Å². The number of amides is 1. The number of nitrogens with zero attached hydrogens (tertiary/aromatic N) is 1. The number of hydrogen-bond donors (Lipinski definition) is 1. The third-order valence-corrected chi connectivity index (χ3v) is 4.20. The van der Waals surface area contributed by atoms with E-state index in [1.54, 1.807) is 23.1 Å². The van der Waals surface area contributed by atoms with Crippen LogP contribution in [0.3, 0.4) is 0 Å². The molecule has 2 heterocycles. The lowest BCUT2D eigenvalue weighted by molar-refractivity contribution is 0.0760. The van der Waals surface area contributed by atoms with Gasteiger partial charge in [0.15, 0.2) is 0 Å². The van der Waals surface area contributed by atoms with E-state index in [4.69, 9.17) is 11.6 Å². The van der Waals surface area contributed by atoms with Crippen LogP contribution in [0.5, 0.6) is 0 Å². The molecule has 0 saturated carbocycles. The number of pyridine rings is 1. The average Bonchev–Trinajstić information content (AvgIpc) is 2.76. The smallest absolute Gasteiger partial charge is 0.259 e. The second-order valence-corrected chi connectivity index (χ2v) is 5.86. The van der Waals surface area contributed by atoms with Crippen molar-refractivity contribution in [3.8, 4) is 0 Å². The molecule has 1 aromatic heterocycles. The van der Waals surface area contributed by atoms with Gasteiger partial charge in [-0.2, -0.15) is 0 Å². The SMILES string of the molecule is O=C(c1c[nH]c2cc(Cl)ccc2c1=O)N1CCCCCC1. The Hall–Kier alpha value is -1.81. The Kier molecular flexibility index (Phi) is 3.97. The highest BCUT2D eigenvalue weighted by molar-refractivity contribution is 6.31. The van der Waals surface area contributed by atoms with Crippen LogP contribution in [0.1, 0.15) is 36.0 Å². The number of carbonyl (C=O) groups excluding carboxylic acids is 1. The Morgan fingerprint density at radius 1 is 1.14 bits per heavy atom. The molecule has 0 spiro atoms. The van der Waals surface area contributed by atoms with Gasteiger partial charge in [-0.1, -0.05) is 24.4 Å². The number of benzene rings is 1. The first-order valence-corrected chi connectivity index (χ1v) is 7.65. The summed E-state index contributed by atoms with van der Waals surface area (Å²) in [5, 5.41) is 1.06. The highest BCUT2D eigenvalue weighted by Gasteiger charge is 2.20. The van der Waals surface area contributed by atoms with Gasteiger partial charge in [0.25, 0.3) is 5.91 Å². The Bertz CT molecular complexity index is 731. The molecule has 21 heavy (non-hydrogen) atoms. The molecule has 0 atom stereocenters. The highest BCUT2D eigenvalue weighted by atomic mass is 35.5. The zero-order chi connectivity index (χ0) is 14.8. The number of aromatic nitrogens is 1. The van der Waals surface area contributed by atoms with E-state index in [0.717, 1.165) is 38.8 Å². The van der Waals surface area contributed by atoms with Gasteiger partial charge in [0.2, 0.25) is 5.43 Å². The minimum absolute atomic E-state index is 0.171. The molecule has 1 aromatic carbocycles. The normalized spacial score (nSPS) is 16.0. The Morgan fingerprint density at radius 2 is 1.86 bits per heavy atom. The predicted molar refractivity (Wildman–Crippen MR) is 84.0 cm³/mol. The molecule has 1 aliphatic rings. The fraction of sp³-hybridized carbons (Fsp3) is 0.375. The molecule has 1 aliphatic heterocycles. The summed E-state index contributed by atoms with van der Waals surface area (Å²) in [5.74, 6) is -0.171. The summed E-state index contributed by atoms with van der Waals surface area (Å²) in [6.07, 6.45) is 5.82. The Balaban J connectivity index is 2.00. The predicted octanol–water partition coefficient (Wildman–Crippen LogP) is 3.20. The first kappa shape index (κ1) is 14.1. The van der Waals surface area contributed by atoms with Crippen molar-refractivity contribution in [2.45, 2.75) is 25.7 Å². The zero-order valence-corrected chi connectivity index (χ0v) is 12.4. The van der Waals surface area contributed by atoms with E-state index in [1.165, 1.54) is 6.20 Å². The molecule has 2 aromatic rings. The molecule has 1 N–H and O–H groups in total. The van der Waals surface area contributed by atoms with Gasteiger partial charge in [0, 0.05) is 29.7 Å². The molecular formula is C16H17ClN2O2. The van der Waals surface area contributed by atoms with Crippen LogP contribution in [-0.4, -0.2) is 28.9 Å². The summed E-state index contributed by atoms with van der Waals surface area (Å²) >= 11 is 5.92. The van der Waals surface area contributed by atoms with Crippen LogP contribution >= 0.6 is 11.6 Å². The maximum absolute atomic E-state index is 12.6. The fourth-order valence-electron chi connectivity index (χ4n) is 2.80. The molecule has 4 nitrogen and oxygen atoms in total. The van der Waals surface area contributed by atoms with Gasteiger partial charge >= 0.3 is 0 Å². The van der Waals surface area contributed by atoms with Gasteiger partial charge in [-0.25, -0.2) is 0 Å². The lowest BCUT2D eigenvalue weighted by Gasteiger charge is -2.20. The zero-order valence-electron chi connectivity index (χ0n) is 11.7. The lowest BCUT2D eigenvalue weighted by Crippen LogP contribution is -2.35. The van der Waals surface area contributed by atoms with Gasteiger partial charge in [0.05, 0.1) is 5.52 Å². The molecule has 1 saturated heterocycles. The van der Waals surface area contributed by atoms with Crippen molar-refractivity contribution in [2.24, 2.45) is 0 Å². The van der Waals surface area contributed by atoms with Crippen molar-refractivity contribution in [2.75, 3.05) is 13.1 Å². The number of nitrogens with one attached hydrogen (secondary N) is 1. The van der Waals surface area contributed by atoms with E-state index in [-0.39, 0.29) is 16.9 Å². The summed E-state index contributed by atoms with van der Waals surface area (Å²) in [6.45, 7) is 1.47. The summed E-state index contributed by atoms with van der Waals surface area (Å²) in [6, 6.07) is 5.02. The van der Waals surface area contributed by atoms with Gasteiger partial charge in [-0.05, 0) is 31.0 Å². The average molecular weight is 305 g/mol. The van der Waals surface area contributed by atoms with Crippen LogP contribution in [0.4, 0.5) is 0 Å². The van der Waals surface area contributed by atoms with Gasteiger partial charge in [-0.3, -0.25) is 9.59 Å². The van der Waals surface area contributed by atoms with E-state index in [1.807, 2.05) is 0 Å². The van der Waals surface area contributed by atoms with Crippen LogP contribution in [-0.2, 0) is 0 Å². The summed E-state index contributed by atoms with van der Waals surface area (Å²) < 4.78 is 0. The van der Waals surface area contributed by atoms with Crippen LogP contribution in [0.15, 0.2) is 29.2 Å². The van der Waals surface area contributed by atoms with Crippen LogP contribution in [0.25, 0.3) is 10.9 Å². The molecule has 5 heteroatoms. The van der Waals surface area contributed by atoms with Gasteiger partial charge in [-0.15, -0.1) is 0 Å². The monoisotopic (exact) mass is 304 g/mol. The second kappa shape index (κ2) is 5.90. The number of halogens is 1. The topological polar surface area (TPSA) is 53.2 Å². The molecule has 1 fully saturated rings. The lowest BCUT2D eigenvalue weighted by atomic mass is 10.1. The molecule has 0 unspecified atom stereocenters. The Morgan fingerprint density at radius 3 is 2.57 bits per heavy atom. The van der Waals surface area contributed by atoms with Crippen molar-refractivity contribution in [1.82, 2.24) is 9.88 Å². The Labute approximate surface area is 127 Å². The van der Waals surface area contributed by atoms with Crippen molar-refractivity contribution < 1.29 is 4.79 Å². The van der Waals surface area contributed by atoms with Crippen molar-refractivity contribution in [3.63, 3.8) is 0 Å². The molecule has 0 radical (unpaired) electrons. The van der Waals surface area contributed by atoms with E-state index in [0.29, 0.717) is 15.9 Å². The number of aromatic amines is 1. The minimum Gasteiger partial charge on any atom is -0.360 e. The number of fused-ring (bicyclic) bond motifs is 1. The van der Waals surface area contributed by atoms with Crippen molar-refractivity contribution in [1.29, 1.82) is 0 Å². The molecular weight excluding hydrogens is 288 g/mol. The van der Waals surface area contributed by atoms with Crippen molar-refractivity contribution in [3.05, 3.63) is 45.2 Å². The third kappa shape index (κ3) is 2.81. The molecule has 110 valence electrons. The standard InChI is InChI=1S/C16H17ClN2O2/c17-11-5-6-12-14(9-11)18-10-13(15(12)20)16(21)19-7-3-1-2-4-8-19/h5-6,9-10H,1-4,7-8H2,(H,18,20). The van der Waals surface area contributed by atoms with Crippen LogP contribution in [0.2, 0.25) is 5.02 Å². The number of likely N-dealkylation sites (tertiary alicyclic amines) is 1. The number of H-pyrrole nitrogens is 1. The largest absolute Gasteiger partial charge is 0.360 e. The van der Waals surface area contributed by atoms with Gasteiger partial charge in [0.1, 0.15) is 5.56 Å². The van der Waals surface area contributed by atoms with Crippen LogP contribution in [0, 0.1) is 0 Å². The van der Waals surface area contributed by atoms with E-state index >= 15 is 0 Å². The summed E-state index contributed by atoms with van der Waals surface area (Å²) in [5.41, 5.74) is 0.640. The van der Waals surface area contributed by atoms with Crippen molar-refractivity contribution >= 4 is 28.4 Å². The van der Waals surface area contributed by atoms with E-state index in [2.05, 4.69) is 4.98 Å². The quantitative estimate of drug-likeness (QED) is 0.879. The first-order chi connectivity index (χ1) is 10.2. The van der Waals surface area contributed by atoms with Gasteiger partial charge < -0.3 is 9.88 Å². The first-order valence-electron chi connectivity index (χ1n) is 7.27. The maximum atomic E-state index is 12.6. The number of hydrogen-bond acceptors (Lipinski definition) is 2. The van der Waals surface area contributed by atoms with Crippen LogP contribution < -0.4 is 5.43 Å². The fourth-order valence-corrected chi connectivity index (χ4v) is 2.97. The summed E-state index contributed by atoms with van der Waals surface area (Å²) in [4.78, 5) is 29.9. The maximum Gasteiger partial charge on any atom is 0.259 e. The third-order valence-electron chi connectivity index (χ3n) is 3.97. The van der Waals surface area contributed by atoms with E-state index in [9.17, 15) is 9.59 Å². The minimum atomic E-state index is -0.227. The molecule has 3 rings (SSSR count). The second-order valence-electron chi connectivity index (χ2n) is 5.43. The molecule has 0 aliphatic carbocycles. The number of rotatable bonds is 1. The summed E-state index contributed by atoms with van der Waals surface area (Å²) in [7, 11) is 0. The highest BCUT2D eigenvalue weighted by Crippen LogP contribution is 2.16. The molecule has 0 bridgehead atoms. The number of carbonyl (C=O) groups is 1.